The molecule has 1 atom stereocenters. The van der Waals surface area contributed by atoms with Gasteiger partial charge in [-0.15, -0.1) is 0 Å². The maximum absolute atomic E-state index is 13.7. The van der Waals surface area contributed by atoms with Crippen molar-refractivity contribution in [3.63, 3.8) is 0 Å². The fraction of sp³-hybridized carbons (Fsp3) is 0.214. The van der Waals surface area contributed by atoms with E-state index in [1.54, 1.807) is 24.1 Å². The van der Waals surface area contributed by atoms with Gasteiger partial charge in [0, 0.05) is 11.6 Å². The molecule has 0 fully saturated rings. The van der Waals surface area contributed by atoms with Crippen LogP contribution in [0.4, 0.5) is 0 Å². The van der Waals surface area contributed by atoms with Gasteiger partial charge < -0.3 is 14.1 Å². The van der Waals surface area contributed by atoms with Gasteiger partial charge in [-0.3, -0.25) is 9.59 Å². The molecule has 34 heavy (non-hydrogen) atoms. The maximum Gasteiger partial charge on any atom is 0.290 e. The molecule has 172 valence electrons. The molecule has 0 saturated carbocycles. The molecule has 5 nitrogen and oxygen atoms in total. The van der Waals surface area contributed by atoms with Crippen LogP contribution < -0.4 is 10.2 Å². The Morgan fingerprint density at radius 3 is 2.38 bits per heavy atom. The van der Waals surface area contributed by atoms with E-state index in [0.29, 0.717) is 34.5 Å². The molecule has 1 amide bonds. The van der Waals surface area contributed by atoms with Gasteiger partial charge in [-0.1, -0.05) is 53.6 Å². The predicted octanol–water partition coefficient (Wildman–Crippen LogP) is 5.86. The summed E-state index contributed by atoms with van der Waals surface area (Å²) in [4.78, 5) is 29.0. The summed E-state index contributed by atoms with van der Waals surface area (Å²) >= 11 is 6.31. The highest BCUT2D eigenvalue weighted by atomic mass is 35.5. The van der Waals surface area contributed by atoms with Gasteiger partial charge >= 0.3 is 0 Å². The fourth-order valence-electron chi connectivity index (χ4n) is 4.51. The van der Waals surface area contributed by atoms with Crippen LogP contribution in [0.5, 0.6) is 5.75 Å². The van der Waals surface area contributed by atoms with Crippen LogP contribution in [0.15, 0.2) is 69.9 Å². The molecule has 0 saturated heterocycles. The third-order valence-electron chi connectivity index (χ3n) is 6.44. The summed E-state index contributed by atoms with van der Waals surface area (Å²) in [5, 5.41) is 0.878. The minimum absolute atomic E-state index is 0.111. The number of methoxy groups -OCH3 is 1. The van der Waals surface area contributed by atoms with Gasteiger partial charge in [0.1, 0.15) is 11.3 Å². The summed E-state index contributed by atoms with van der Waals surface area (Å²) in [6, 6.07) is 18.5. The van der Waals surface area contributed by atoms with Gasteiger partial charge in [0.25, 0.3) is 5.91 Å². The standard InChI is InChI=1S/C28H24ClNO4/c1-16-4-8-19(9-5-16)25-24-26(31)21-15-22(29)17(2)14-23(21)34-27(24)28(32)30(25)13-12-18-6-10-20(33-3)11-7-18/h4-11,14-15,25H,12-13H2,1-3H3. The van der Waals surface area contributed by atoms with Crippen molar-refractivity contribution in [1.29, 1.82) is 0 Å². The van der Waals surface area contributed by atoms with E-state index in [4.69, 9.17) is 20.8 Å². The summed E-state index contributed by atoms with van der Waals surface area (Å²) in [6.07, 6.45) is 0.630. The monoisotopic (exact) mass is 473 g/mol. The highest BCUT2D eigenvalue weighted by Crippen LogP contribution is 2.39. The third kappa shape index (κ3) is 3.76. The van der Waals surface area contributed by atoms with Crippen molar-refractivity contribution in [2.75, 3.05) is 13.7 Å². The van der Waals surface area contributed by atoms with Crippen LogP contribution in [0.1, 0.15) is 44.4 Å². The number of nitrogens with zero attached hydrogens (tertiary/aromatic N) is 1. The number of ether oxygens (including phenoxy) is 1. The van der Waals surface area contributed by atoms with Gasteiger partial charge in [0.2, 0.25) is 5.76 Å². The molecule has 1 aliphatic heterocycles. The third-order valence-corrected chi connectivity index (χ3v) is 6.85. The normalized spacial score (nSPS) is 15.1. The summed E-state index contributed by atoms with van der Waals surface area (Å²) in [5.41, 5.74) is 4.36. The van der Waals surface area contributed by atoms with E-state index in [1.807, 2.05) is 62.4 Å². The van der Waals surface area contributed by atoms with Crippen molar-refractivity contribution in [2.45, 2.75) is 26.3 Å². The molecule has 1 aromatic heterocycles. The number of benzene rings is 3. The van der Waals surface area contributed by atoms with E-state index in [-0.39, 0.29) is 17.1 Å². The molecule has 0 N–H and O–H groups in total. The number of hydrogen-bond acceptors (Lipinski definition) is 4. The first-order chi connectivity index (χ1) is 16.4. The molecule has 3 aromatic carbocycles. The smallest absolute Gasteiger partial charge is 0.290 e. The molecule has 1 aliphatic rings. The lowest BCUT2D eigenvalue weighted by atomic mass is 9.97. The summed E-state index contributed by atoms with van der Waals surface area (Å²) in [6.45, 7) is 4.28. The van der Waals surface area contributed by atoms with Crippen LogP contribution >= 0.6 is 11.6 Å². The SMILES string of the molecule is COc1ccc(CCN2C(=O)c3oc4cc(C)c(Cl)cc4c(=O)c3C2c2ccc(C)cc2)cc1. The Kier molecular flexibility index (Phi) is 5.66. The topological polar surface area (TPSA) is 59.8 Å². The molecule has 0 spiro atoms. The molecule has 0 radical (unpaired) electrons. The highest BCUT2D eigenvalue weighted by Gasteiger charge is 2.42. The number of aryl methyl sites for hydroxylation is 2. The van der Waals surface area contributed by atoms with Gasteiger partial charge in [0.15, 0.2) is 5.43 Å². The van der Waals surface area contributed by atoms with Gasteiger partial charge in [-0.2, -0.15) is 0 Å². The van der Waals surface area contributed by atoms with Crippen LogP contribution in [-0.2, 0) is 6.42 Å². The Bertz CT molecular complexity index is 1460. The second-order valence-corrected chi connectivity index (χ2v) is 9.09. The molecule has 5 rings (SSSR count). The molecular weight excluding hydrogens is 450 g/mol. The van der Waals surface area contributed by atoms with Crippen molar-refractivity contribution in [2.24, 2.45) is 0 Å². The fourth-order valence-corrected chi connectivity index (χ4v) is 4.67. The number of halogens is 1. The van der Waals surface area contributed by atoms with E-state index in [2.05, 4.69) is 0 Å². The minimum Gasteiger partial charge on any atom is -0.497 e. The van der Waals surface area contributed by atoms with Gasteiger partial charge in [-0.25, -0.2) is 0 Å². The first kappa shape index (κ1) is 22.2. The quantitative estimate of drug-likeness (QED) is 0.364. The molecule has 1 unspecified atom stereocenters. The summed E-state index contributed by atoms with van der Waals surface area (Å²) in [7, 11) is 1.63. The Labute approximate surface area is 202 Å². The van der Waals surface area contributed by atoms with E-state index >= 15 is 0 Å². The number of rotatable bonds is 5. The van der Waals surface area contributed by atoms with Crippen LogP contribution in [0, 0.1) is 13.8 Å². The zero-order valence-electron chi connectivity index (χ0n) is 19.2. The van der Waals surface area contributed by atoms with Gasteiger partial charge in [-0.05, 0) is 61.2 Å². The predicted molar refractivity (Wildman–Crippen MR) is 133 cm³/mol. The molecule has 6 heteroatoms. The second-order valence-electron chi connectivity index (χ2n) is 8.68. The van der Waals surface area contributed by atoms with Crippen molar-refractivity contribution >= 4 is 28.5 Å². The summed E-state index contributed by atoms with van der Waals surface area (Å²) in [5.74, 6) is 0.613. The number of amides is 1. The minimum atomic E-state index is -0.526. The Morgan fingerprint density at radius 2 is 1.71 bits per heavy atom. The van der Waals surface area contributed by atoms with E-state index in [1.165, 1.54) is 0 Å². The number of hydrogen-bond donors (Lipinski definition) is 0. The lowest BCUT2D eigenvalue weighted by Gasteiger charge is -2.25. The lowest BCUT2D eigenvalue weighted by Crippen LogP contribution is -2.31. The summed E-state index contributed by atoms with van der Waals surface area (Å²) < 4.78 is 11.3. The van der Waals surface area contributed by atoms with E-state index in [0.717, 1.165) is 28.0 Å². The maximum atomic E-state index is 13.7. The van der Waals surface area contributed by atoms with E-state index in [9.17, 15) is 9.59 Å². The molecule has 2 heterocycles. The molecule has 0 bridgehead atoms. The first-order valence-electron chi connectivity index (χ1n) is 11.1. The van der Waals surface area contributed by atoms with Crippen LogP contribution in [0.2, 0.25) is 5.02 Å². The average molecular weight is 474 g/mol. The average Bonchev–Trinajstić information content (AvgIpc) is 3.11. The molecular formula is C28H24ClNO4. The van der Waals surface area contributed by atoms with Crippen molar-refractivity contribution in [1.82, 2.24) is 4.90 Å². The van der Waals surface area contributed by atoms with Gasteiger partial charge in [0.05, 0.1) is 24.1 Å². The largest absolute Gasteiger partial charge is 0.497 e. The Hall–Kier alpha value is -3.57. The molecule has 4 aromatic rings. The molecule has 0 aliphatic carbocycles. The lowest BCUT2D eigenvalue weighted by molar-refractivity contribution is 0.0730. The van der Waals surface area contributed by atoms with Crippen molar-refractivity contribution in [3.8, 4) is 5.75 Å². The van der Waals surface area contributed by atoms with E-state index < -0.39 is 6.04 Å². The second kappa shape index (κ2) is 8.65. The number of fused-ring (bicyclic) bond motifs is 2. The zero-order chi connectivity index (χ0) is 24.0. The number of carbonyl (C=O) groups excluding carboxylic acids is 1. The highest BCUT2D eigenvalue weighted by molar-refractivity contribution is 6.32. The van der Waals surface area contributed by atoms with Crippen molar-refractivity contribution in [3.05, 3.63) is 109 Å². The Morgan fingerprint density at radius 1 is 1.00 bits per heavy atom. The Balaban J connectivity index is 1.61. The first-order valence-corrected chi connectivity index (χ1v) is 11.5. The van der Waals surface area contributed by atoms with Crippen LogP contribution in [0.25, 0.3) is 11.0 Å². The van der Waals surface area contributed by atoms with Crippen LogP contribution in [-0.4, -0.2) is 24.5 Å². The number of carbonyl (C=O) groups is 1. The van der Waals surface area contributed by atoms with Crippen LogP contribution in [0.3, 0.4) is 0 Å². The zero-order valence-corrected chi connectivity index (χ0v) is 20.0. The van der Waals surface area contributed by atoms with Crippen molar-refractivity contribution < 1.29 is 13.9 Å².